The van der Waals surface area contributed by atoms with Gasteiger partial charge in [0.05, 0.1) is 11.8 Å². The number of ether oxygens (including phenoxy) is 1. The summed E-state index contributed by atoms with van der Waals surface area (Å²) in [5, 5.41) is 0. The second-order valence-corrected chi connectivity index (χ2v) is 4.45. The first-order valence-corrected chi connectivity index (χ1v) is 5.92. The maximum Gasteiger partial charge on any atom is 0.220 e. The molecule has 1 aromatic heterocycles. The number of nitrogens with zero attached hydrogens (tertiary/aromatic N) is 2. The number of benzene rings is 1. The number of anilines is 1. The Kier molecular flexibility index (Phi) is 3.46. The summed E-state index contributed by atoms with van der Waals surface area (Å²) in [5.41, 5.74) is 8.49. The number of rotatable bonds is 3. The molecule has 0 amide bonds. The van der Waals surface area contributed by atoms with Crippen LogP contribution in [0.15, 0.2) is 30.5 Å². The third-order valence-electron chi connectivity index (χ3n) is 2.49. The first kappa shape index (κ1) is 12.4. The summed E-state index contributed by atoms with van der Waals surface area (Å²) in [5.74, 6) is 1.14. The van der Waals surface area contributed by atoms with Crippen LogP contribution < -0.4 is 10.5 Å². The highest BCUT2D eigenvalue weighted by Crippen LogP contribution is 2.24. The molecule has 94 valence electrons. The zero-order chi connectivity index (χ0) is 13.1. The van der Waals surface area contributed by atoms with Crippen LogP contribution in [0.1, 0.15) is 19.4 Å². The van der Waals surface area contributed by atoms with E-state index in [0.29, 0.717) is 0 Å². The van der Waals surface area contributed by atoms with Crippen molar-refractivity contribution >= 4 is 5.95 Å². The molecule has 0 aliphatic carbocycles. The predicted octanol–water partition coefficient (Wildman–Crippen LogP) is 2.82. The average molecular weight is 243 g/mol. The van der Waals surface area contributed by atoms with Gasteiger partial charge in [0, 0.05) is 11.8 Å². The SMILES string of the molecule is Cc1cnc(N)nc1-c1ccc(OC(C)C)cc1. The van der Waals surface area contributed by atoms with E-state index in [0.717, 1.165) is 22.6 Å². The van der Waals surface area contributed by atoms with Crippen molar-refractivity contribution in [3.8, 4) is 17.0 Å². The minimum atomic E-state index is 0.173. The van der Waals surface area contributed by atoms with E-state index in [-0.39, 0.29) is 12.1 Å². The number of aryl methyl sites for hydroxylation is 1. The van der Waals surface area contributed by atoms with Crippen molar-refractivity contribution < 1.29 is 4.74 Å². The molecule has 4 heteroatoms. The van der Waals surface area contributed by atoms with Crippen molar-refractivity contribution in [2.75, 3.05) is 5.73 Å². The van der Waals surface area contributed by atoms with E-state index in [1.807, 2.05) is 45.0 Å². The lowest BCUT2D eigenvalue weighted by molar-refractivity contribution is 0.242. The molecule has 18 heavy (non-hydrogen) atoms. The molecule has 0 fully saturated rings. The van der Waals surface area contributed by atoms with E-state index in [9.17, 15) is 0 Å². The fraction of sp³-hybridized carbons (Fsp3) is 0.286. The Hall–Kier alpha value is -2.10. The summed E-state index contributed by atoms with van der Waals surface area (Å²) in [6, 6.07) is 7.83. The van der Waals surface area contributed by atoms with Gasteiger partial charge in [-0.25, -0.2) is 9.97 Å². The summed E-state index contributed by atoms with van der Waals surface area (Å²) in [7, 11) is 0. The number of nitrogen functional groups attached to an aromatic ring is 1. The Balaban J connectivity index is 2.31. The van der Waals surface area contributed by atoms with Gasteiger partial charge in [-0.3, -0.25) is 0 Å². The van der Waals surface area contributed by atoms with E-state index in [2.05, 4.69) is 9.97 Å². The lowest BCUT2D eigenvalue weighted by Gasteiger charge is -2.10. The van der Waals surface area contributed by atoms with Crippen molar-refractivity contribution in [3.05, 3.63) is 36.0 Å². The summed E-state index contributed by atoms with van der Waals surface area (Å²) in [6.07, 6.45) is 1.91. The molecule has 1 heterocycles. The van der Waals surface area contributed by atoms with Crippen LogP contribution in [-0.4, -0.2) is 16.1 Å². The highest BCUT2D eigenvalue weighted by Gasteiger charge is 2.06. The van der Waals surface area contributed by atoms with Crippen LogP contribution in [0, 0.1) is 6.92 Å². The van der Waals surface area contributed by atoms with Crippen LogP contribution in [-0.2, 0) is 0 Å². The van der Waals surface area contributed by atoms with E-state index in [4.69, 9.17) is 10.5 Å². The Bertz CT molecular complexity index is 535. The van der Waals surface area contributed by atoms with Gasteiger partial charge < -0.3 is 10.5 Å². The molecule has 0 atom stereocenters. The standard InChI is InChI=1S/C14H17N3O/c1-9(2)18-12-6-4-11(5-7-12)13-10(3)8-16-14(15)17-13/h4-9H,1-3H3,(H2,15,16,17). The van der Waals surface area contributed by atoms with Crippen molar-refractivity contribution in [1.29, 1.82) is 0 Å². The quantitative estimate of drug-likeness (QED) is 0.900. The van der Waals surface area contributed by atoms with Crippen molar-refractivity contribution in [2.24, 2.45) is 0 Å². The average Bonchev–Trinajstić information content (AvgIpc) is 2.33. The topological polar surface area (TPSA) is 61.0 Å². The van der Waals surface area contributed by atoms with Gasteiger partial charge in [-0.05, 0) is 50.6 Å². The summed E-state index contributed by atoms with van der Waals surface area (Å²) < 4.78 is 5.60. The molecule has 0 bridgehead atoms. The fourth-order valence-electron chi connectivity index (χ4n) is 1.71. The predicted molar refractivity (Wildman–Crippen MR) is 72.4 cm³/mol. The van der Waals surface area contributed by atoms with Crippen molar-refractivity contribution in [3.63, 3.8) is 0 Å². The molecule has 2 N–H and O–H groups in total. The highest BCUT2D eigenvalue weighted by molar-refractivity contribution is 5.64. The zero-order valence-electron chi connectivity index (χ0n) is 10.8. The molecule has 0 spiro atoms. The molecule has 0 radical (unpaired) electrons. The third-order valence-corrected chi connectivity index (χ3v) is 2.49. The minimum absolute atomic E-state index is 0.173. The molecule has 0 saturated heterocycles. The van der Waals surface area contributed by atoms with Crippen LogP contribution in [0.5, 0.6) is 5.75 Å². The fourth-order valence-corrected chi connectivity index (χ4v) is 1.71. The molecular weight excluding hydrogens is 226 g/mol. The molecule has 0 saturated carbocycles. The molecule has 0 aliphatic rings. The van der Waals surface area contributed by atoms with Gasteiger partial charge >= 0.3 is 0 Å². The van der Waals surface area contributed by atoms with Crippen LogP contribution in [0.3, 0.4) is 0 Å². The van der Waals surface area contributed by atoms with Crippen molar-refractivity contribution in [2.45, 2.75) is 26.9 Å². The first-order valence-electron chi connectivity index (χ1n) is 5.92. The number of aromatic nitrogens is 2. The van der Waals surface area contributed by atoms with E-state index in [1.54, 1.807) is 6.20 Å². The zero-order valence-corrected chi connectivity index (χ0v) is 10.8. The normalized spacial score (nSPS) is 10.7. The second-order valence-electron chi connectivity index (χ2n) is 4.45. The Labute approximate surface area is 107 Å². The molecular formula is C14H17N3O. The minimum Gasteiger partial charge on any atom is -0.491 e. The van der Waals surface area contributed by atoms with Crippen LogP contribution in [0.25, 0.3) is 11.3 Å². The summed E-state index contributed by atoms with van der Waals surface area (Å²) >= 11 is 0. The molecule has 0 aliphatic heterocycles. The van der Waals surface area contributed by atoms with Crippen LogP contribution >= 0.6 is 0 Å². The smallest absolute Gasteiger partial charge is 0.220 e. The monoisotopic (exact) mass is 243 g/mol. The molecule has 2 rings (SSSR count). The third kappa shape index (κ3) is 2.77. The molecule has 0 unspecified atom stereocenters. The van der Waals surface area contributed by atoms with E-state index in [1.165, 1.54) is 0 Å². The van der Waals surface area contributed by atoms with Gasteiger partial charge in [-0.1, -0.05) is 0 Å². The first-order chi connectivity index (χ1) is 8.56. The van der Waals surface area contributed by atoms with Gasteiger partial charge in [0.1, 0.15) is 5.75 Å². The molecule has 2 aromatic rings. The Morgan fingerprint density at radius 3 is 2.44 bits per heavy atom. The lowest BCUT2D eigenvalue weighted by atomic mass is 10.1. The van der Waals surface area contributed by atoms with Gasteiger partial charge in [-0.15, -0.1) is 0 Å². The van der Waals surface area contributed by atoms with Gasteiger partial charge in [0.2, 0.25) is 5.95 Å². The number of hydrogen-bond acceptors (Lipinski definition) is 4. The maximum atomic E-state index is 5.61. The van der Waals surface area contributed by atoms with E-state index < -0.39 is 0 Å². The van der Waals surface area contributed by atoms with Crippen LogP contribution in [0.2, 0.25) is 0 Å². The Morgan fingerprint density at radius 1 is 1.17 bits per heavy atom. The second kappa shape index (κ2) is 5.04. The lowest BCUT2D eigenvalue weighted by Crippen LogP contribution is -2.05. The van der Waals surface area contributed by atoms with Crippen LogP contribution in [0.4, 0.5) is 5.95 Å². The molecule has 1 aromatic carbocycles. The van der Waals surface area contributed by atoms with Gasteiger partial charge in [0.25, 0.3) is 0 Å². The Morgan fingerprint density at radius 2 is 1.83 bits per heavy atom. The molecule has 4 nitrogen and oxygen atoms in total. The summed E-state index contributed by atoms with van der Waals surface area (Å²) in [6.45, 7) is 5.97. The van der Waals surface area contributed by atoms with E-state index >= 15 is 0 Å². The van der Waals surface area contributed by atoms with Crippen molar-refractivity contribution in [1.82, 2.24) is 9.97 Å². The van der Waals surface area contributed by atoms with Gasteiger partial charge in [-0.2, -0.15) is 0 Å². The number of nitrogens with two attached hydrogens (primary N) is 1. The number of hydrogen-bond donors (Lipinski definition) is 1. The highest BCUT2D eigenvalue weighted by atomic mass is 16.5. The largest absolute Gasteiger partial charge is 0.491 e. The summed E-state index contributed by atoms with van der Waals surface area (Å²) in [4.78, 5) is 8.22. The van der Waals surface area contributed by atoms with Gasteiger partial charge in [0.15, 0.2) is 0 Å². The maximum absolute atomic E-state index is 5.61.